The molecule has 2 heterocycles. The molecule has 2 aromatic rings. The van der Waals surface area contributed by atoms with Crippen LogP contribution in [0, 0.1) is 23.5 Å². The van der Waals surface area contributed by atoms with E-state index in [-0.39, 0.29) is 22.9 Å². The van der Waals surface area contributed by atoms with E-state index in [0.29, 0.717) is 28.9 Å². The maximum absolute atomic E-state index is 14.7. The largest absolute Gasteiger partial charge is 0.369 e. The second kappa shape index (κ2) is 7.26. The third-order valence-corrected chi connectivity index (χ3v) is 5.32. The Kier molecular flexibility index (Phi) is 4.79. The van der Waals surface area contributed by atoms with Crippen molar-refractivity contribution >= 4 is 28.5 Å². The molecule has 1 saturated heterocycles. The minimum atomic E-state index is -0.473. The van der Waals surface area contributed by atoms with Crippen molar-refractivity contribution in [3.63, 3.8) is 0 Å². The summed E-state index contributed by atoms with van der Waals surface area (Å²) in [5.74, 6) is -0.116. The number of carbonyl (C=O) groups excluding carboxylic acids is 1. The van der Waals surface area contributed by atoms with Gasteiger partial charge in [0, 0.05) is 30.5 Å². The molecule has 2 unspecified atom stereocenters. The molecule has 146 valence electrons. The van der Waals surface area contributed by atoms with Crippen LogP contribution in [0.25, 0.3) is 5.57 Å². The number of carbonyl (C=O) groups is 1. The van der Waals surface area contributed by atoms with Crippen LogP contribution in [0.4, 0.5) is 25.8 Å². The number of benzene rings is 2. The van der Waals surface area contributed by atoms with Gasteiger partial charge in [-0.2, -0.15) is 0 Å². The van der Waals surface area contributed by atoms with E-state index in [4.69, 9.17) is 0 Å². The zero-order valence-electron chi connectivity index (χ0n) is 15.9. The number of nitrogens with one attached hydrogen (secondary N) is 2. The van der Waals surface area contributed by atoms with Gasteiger partial charge in [0.15, 0.2) is 0 Å². The fraction of sp³-hybridized carbons (Fsp3) is 0.318. The lowest BCUT2D eigenvalue weighted by molar-refractivity contribution is -0.110. The first-order valence-electron chi connectivity index (χ1n) is 9.54. The molecule has 2 aliphatic rings. The van der Waals surface area contributed by atoms with E-state index in [2.05, 4.69) is 29.4 Å². The molecule has 2 aliphatic heterocycles. The predicted molar refractivity (Wildman–Crippen MR) is 108 cm³/mol. The van der Waals surface area contributed by atoms with Crippen LogP contribution in [-0.2, 0) is 4.79 Å². The molecule has 4 nitrogen and oxygen atoms in total. The van der Waals surface area contributed by atoms with Crippen molar-refractivity contribution in [2.24, 2.45) is 11.8 Å². The average molecular weight is 383 g/mol. The zero-order valence-corrected chi connectivity index (χ0v) is 15.9. The molecular weight excluding hydrogens is 360 g/mol. The topological polar surface area (TPSA) is 44.4 Å². The lowest BCUT2D eigenvalue weighted by Gasteiger charge is -2.36. The number of hydrogen-bond acceptors (Lipinski definition) is 3. The lowest BCUT2D eigenvalue weighted by Crippen LogP contribution is -2.39. The maximum atomic E-state index is 14.7. The van der Waals surface area contributed by atoms with Crippen molar-refractivity contribution in [3.8, 4) is 0 Å². The first kappa shape index (κ1) is 18.5. The smallest absolute Gasteiger partial charge is 0.257 e. The SMILES string of the molecule is CC1CC(C)CN(c2ccc(NC=C3C(=O)Nc4cccc(F)c43)cc2F)C1. The van der Waals surface area contributed by atoms with Crippen LogP contribution in [-0.4, -0.2) is 19.0 Å². The predicted octanol–water partition coefficient (Wildman–Crippen LogP) is 4.85. The number of anilines is 3. The summed E-state index contributed by atoms with van der Waals surface area (Å²) in [5.41, 5.74) is 1.95. The number of piperidine rings is 1. The fourth-order valence-corrected chi connectivity index (χ4v) is 4.21. The average Bonchev–Trinajstić information content (AvgIpc) is 2.95. The summed E-state index contributed by atoms with van der Waals surface area (Å²) in [6.07, 6.45) is 2.58. The highest BCUT2D eigenvalue weighted by Crippen LogP contribution is 2.34. The monoisotopic (exact) mass is 383 g/mol. The third-order valence-electron chi connectivity index (χ3n) is 5.32. The summed E-state index contributed by atoms with van der Waals surface area (Å²) in [5, 5.41) is 5.55. The molecule has 28 heavy (non-hydrogen) atoms. The second-order valence-electron chi connectivity index (χ2n) is 7.84. The van der Waals surface area contributed by atoms with Crippen LogP contribution in [0.5, 0.6) is 0 Å². The van der Waals surface area contributed by atoms with Crippen LogP contribution in [0.15, 0.2) is 42.6 Å². The van der Waals surface area contributed by atoms with Gasteiger partial charge < -0.3 is 15.5 Å². The number of amides is 1. The summed E-state index contributed by atoms with van der Waals surface area (Å²) in [6.45, 7) is 6.06. The first-order valence-corrected chi connectivity index (χ1v) is 9.54. The molecule has 0 aliphatic carbocycles. The molecule has 2 atom stereocenters. The minimum absolute atomic E-state index is 0.191. The van der Waals surface area contributed by atoms with Crippen LogP contribution in [0.1, 0.15) is 25.8 Å². The zero-order chi connectivity index (χ0) is 19.8. The van der Waals surface area contributed by atoms with Crippen LogP contribution in [0.2, 0.25) is 0 Å². The number of halogens is 2. The summed E-state index contributed by atoms with van der Waals surface area (Å²) < 4.78 is 28.8. The number of fused-ring (bicyclic) bond motifs is 1. The molecule has 1 amide bonds. The van der Waals surface area contributed by atoms with Crippen molar-refractivity contribution in [1.82, 2.24) is 0 Å². The number of hydrogen-bond donors (Lipinski definition) is 2. The Morgan fingerprint density at radius 3 is 2.57 bits per heavy atom. The van der Waals surface area contributed by atoms with E-state index in [9.17, 15) is 13.6 Å². The van der Waals surface area contributed by atoms with E-state index < -0.39 is 5.82 Å². The molecule has 0 bridgehead atoms. The molecule has 0 radical (unpaired) electrons. The van der Waals surface area contributed by atoms with Gasteiger partial charge in [0.25, 0.3) is 5.91 Å². The first-order chi connectivity index (χ1) is 13.4. The van der Waals surface area contributed by atoms with E-state index in [0.717, 1.165) is 19.5 Å². The van der Waals surface area contributed by atoms with Gasteiger partial charge in [-0.3, -0.25) is 4.79 Å². The molecule has 1 fully saturated rings. The van der Waals surface area contributed by atoms with Gasteiger partial charge >= 0.3 is 0 Å². The second-order valence-corrected chi connectivity index (χ2v) is 7.84. The Balaban J connectivity index is 1.55. The van der Waals surface area contributed by atoms with Gasteiger partial charge in [0.05, 0.1) is 16.9 Å². The van der Waals surface area contributed by atoms with E-state index in [1.54, 1.807) is 24.3 Å². The Morgan fingerprint density at radius 2 is 1.86 bits per heavy atom. The van der Waals surface area contributed by atoms with E-state index in [1.807, 2.05) is 0 Å². The third kappa shape index (κ3) is 3.46. The molecule has 0 aromatic heterocycles. The van der Waals surface area contributed by atoms with Crippen molar-refractivity contribution in [2.75, 3.05) is 28.6 Å². The van der Waals surface area contributed by atoms with Crippen molar-refractivity contribution in [2.45, 2.75) is 20.3 Å². The quantitative estimate of drug-likeness (QED) is 0.745. The maximum Gasteiger partial charge on any atom is 0.257 e. The van der Waals surface area contributed by atoms with Crippen LogP contribution >= 0.6 is 0 Å². The fourth-order valence-electron chi connectivity index (χ4n) is 4.21. The molecule has 0 spiro atoms. The summed E-state index contributed by atoms with van der Waals surface area (Å²) >= 11 is 0. The van der Waals surface area contributed by atoms with Gasteiger partial charge in [-0.25, -0.2) is 8.78 Å². The van der Waals surface area contributed by atoms with Crippen LogP contribution < -0.4 is 15.5 Å². The number of nitrogens with zero attached hydrogens (tertiary/aromatic N) is 1. The highest BCUT2D eigenvalue weighted by atomic mass is 19.1. The highest BCUT2D eigenvalue weighted by Gasteiger charge is 2.27. The molecule has 0 saturated carbocycles. The lowest BCUT2D eigenvalue weighted by atomic mass is 9.91. The van der Waals surface area contributed by atoms with Crippen molar-refractivity contribution in [3.05, 3.63) is 59.8 Å². The molecular formula is C22H23F2N3O. The molecule has 2 N–H and O–H groups in total. The minimum Gasteiger partial charge on any atom is -0.369 e. The Bertz CT molecular complexity index is 947. The summed E-state index contributed by atoms with van der Waals surface area (Å²) in [4.78, 5) is 14.2. The van der Waals surface area contributed by atoms with Gasteiger partial charge in [0.2, 0.25) is 0 Å². The van der Waals surface area contributed by atoms with Crippen molar-refractivity contribution < 1.29 is 13.6 Å². The van der Waals surface area contributed by atoms with E-state index in [1.165, 1.54) is 18.3 Å². The van der Waals surface area contributed by atoms with Gasteiger partial charge in [-0.1, -0.05) is 19.9 Å². The molecule has 2 aromatic carbocycles. The molecule has 6 heteroatoms. The standard InChI is InChI=1S/C22H23F2N3O/c1-13-8-14(2)12-27(11-13)20-7-6-15(9-18(20)24)25-10-16-21-17(23)4-3-5-19(21)26-22(16)28/h3-7,9-10,13-14,25H,8,11-12H2,1-2H3,(H,26,28). The Hall–Kier alpha value is -2.89. The summed E-state index contributed by atoms with van der Waals surface area (Å²) in [7, 11) is 0. The van der Waals surface area contributed by atoms with Crippen LogP contribution in [0.3, 0.4) is 0 Å². The van der Waals surface area contributed by atoms with Gasteiger partial charge in [-0.05, 0) is 48.6 Å². The highest BCUT2D eigenvalue weighted by molar-refractivity contribution is 6.31. The molecule has 4 rings (SSSR count). The van der Waals surface area contributed by atoms with Gasteiger partial charge in [-0.15, -0.1) is 0 Å². The van der Waals surface area contributed by atoms with Crippen molar-refractivity contribution in [1.29, 1.82) is 0 Å². The van der Waals surface area contributed by atoms with E-state index >= 15 is 0 Å². The normalized spacial score (nSPS) is 22.9. The summed E-state index contributed by atoms with van der Waals surface area (Å²) in [6, 6.07) is 9.43. The number of rotatable bonds is 3. The Morgan fingerprint density at radius 1 is 1.11 bits per heavy atom. The Labute approximate surface area is 163 Å². The van der Waals surface area contributed by atoms with Gasteiger partial charge in [0.1, 0.15) is 11.6 Å².